The zero-order chi connectivity index (χ0) is 18.2. The van der Waals surface area contributed by atoms with Gasteiger partial charge in [0.25, 0.3) is 5.91 Å². The molecule has 0 radical (unpaired) electrons. The fourth-order valence-electron chi connectivity index (χ4n) is 2.11. The molecule has 0 unspecified atom stereocenters. The molecule has 0 heterocycles. The van der Waals surface area contributed by atoms with E-state index < -0.39 is 5.91 Å². The number of nitrogens with zero attached hydrogens (tertiary/aromatic N) is 1. The molecule has 0 spiro atoms. The Bertz CT molecular complexity index is 838. The number of carbonyl (C=O) groups excluding carboxylic acids is 1. The van der Waals surface area contributed by atoms with Gasteiger partial charge in [-0.25, -0.2) is 0 Å². The van der Waals surface area contributed by atoms with Crippen molar-refractivity contribution in [3.8, 4) is 23.3 Å². The van der Waals surface area contributed by atoms with Crippen molar-refractivity contribution in [2.24, 2.45) is 0 Å². The minimum atomic E-state index is -0.540. The van der Waals surface area contributed by atoms with Gasteiger partial charge in [0.15, 0.2) is 11.5 Å². The molecule has 0 atom stereocenters. The van der Waals surface area contributed by atoms with Crippen LogP contribution in [0.2, 0.25) is 0 Å². The van der Waals surface area contributed by atoms with E-state index in [9.17, 15) is 15.2 Å². The topological polar surface area (TPSA) is 91.6 Å². The van der Waals surface area contributed by atoms with E-state index in [-0.39, 0.29) is 11.3 Å². The molecule has 25 heavy (non-hydrogen) atoms. The van der Waals surface area contributed by atoms with E-state index >= 15 is 0 Å². The lowest BCUT2D eigenvalue weighted by atomic mass is 10.1. The molecule has 0 bridgehead atoms. The first kappa shape index (κ1) is 17.9. The van der Waals surface area contributed by atoms with Crippen LogP contribution in [-0.2, 0) is 4.79 Å². The largest absolute Gasteiger partial charge is 0.504 e. The molecule has 6 heteroatoms. The summed E-state index contributed by atoms with van der Waals surface area (Å²) < 4.78 is 10.4. The van der Waals surface area contributed by atoms with E-state index in [0.717, 1.165) is 0 Å². The first-order valence-corrected chi connectivity index (χ1v) is 7.60. The van der Waals surface area contributed by atoms with Crippen LogP contribution in [0, 0.1) is 11.3 Å². The number of methoxy groups -OCH3 is 1. The molecule has 0 aliphatic heterocycles. The summed E-state index contributed by atoms with van der Waals surface area (Å²) in [5.41, 5.74) is 1.01. The molecule has 0 saturated heterocycles. The Labute approximate surface area is 145 Å². The van der Waals surface area contributed by atoms with Crippen LogP contribution in [-0.4, -0.2) is 24.7 Å². The van der Waals surface area contributed by atoms with Crippen molar-refractivity contribution in [2.45, 2.75) is 6.92 Å². The van der Waals surface area contributed by atoms with E-state index in [1.165, 1.54) is 19.3 Å². The number of anilines is 1. The predicted octanol–water partition coefficient (Wildman–Crippen LogP) is 3.35. The lowest BCUT2D eigenvalue weighted by molar-refractivity contribution is -0.112. The molecule has 0 saturated carbocycles. The fraction of sp³-hybridized carbons (Fsp3) is 0.158. The van der Waals surface area contributed by atoms with Gasteiger partial charge in [-0.2, -0.15) is 5.26 Å². The molecule has 2 N–H and O–H groups in total. The summed E-state index contributed by atoms with van der Waals surface area (Å²) in [6, 6.07) is 13.3. The quantitative estimate of drug-likeness (QED) is 0.622. The standard InChI is InChI=1S/C19H18N2O4/c1-3-25-18-10-13(7-8-17(18)22)9-14(12-20)19(23)21-15-5-4-6-16(11-15)24-2/h4-11,22H,3H2,1-2H3,(H,21,23)/b14-9-. The molecule has 0 aliphatic rings. The molecule has 2 rings (SSSR count). The number of amides is 1. The van der Waals surface area contributed by atoms with Gasteiger partial charge in [0.1, 0.15) is 17.4 Å². The Morgan fingerprint density at radius 2 is 2.12 bits per heavy atom. The minimum Gasteiger partial charge on any atom is -0.504 e. The third-order valence-electron chi connectivity index (χ3n) is 3.29. The summed E-state index contributed by atoms with van der Waals surface area (Å²) in [6.45, 7) is 2.19. The zero-order valence-electron chi connectivity index (χ0n) is 13.9. The highest BCUT2D eigenvalue weighted by atomic mass is 16.5. The summed E-state index contributed by atoms with van der Waals surface area (Å²) in [5, 5.41) is 21.6. The van der Waals surface area contributed by atoms with Crippen molar-refractivity contribution in [3.63, 3.8) is 0 Å². The van der Waals surface area contributed by atoms with E-state index in [0.29, 0.717) is 29.4 Å². The van der Waals surface area contributed by atoms with Crippen LogP contribution in [0.5, 0.6) is 17.2 Å². The van der Waals surface area contributed by atoms with Gasteiger partial charge in [-0.15, -0.1) is 0 Å². The molecule has 0 fully saturated rings. The molecule has 128 valence electrons. The number of nitrogens with one attached hydrogen (secondary N) is 1. The molecular weight excluding hydrogens is 320 g/mol. The van der Waals surface area contributed by atoms with E-state index in [4.69, 9.17) is 9.47 Å². The van der Waals surface area contributed by atoms with Crippen LogP contribution in [0.25, 0.3) is 6.08 Å². The van der Waals surface area contributed by atoms with Gasteiger partial charge in [-0.05, 0) is 42.8 Å². The molecule has 6 nitrogen and oxygen atoms in total. The van der Waals surface area contributed by atoms with E-state index in [1.807, 2.05) is 6.07 Å². The first-order valence-electron chi connectivity index (χ1n) is 7.60. The van der Waals surface area contributed by atoms with Gasteiger partial charge < -0.3 is 19.9 Å². The molecular formula is C19H18N2O4. The summed E-state index contributed by atoms with van der Waals surface area (Å²) >= 11 is 0. The van der Waals surface area contributed by atoms with Gasteiger partial charge in [0.2, 0.25) is 0 Å². The van der Waals surface area contributed by atoms with Crippen molar-refractivity contribution in [2.75, 3.05) is 19.0 Å². The second kappa shape index (κ2) is 8.41. The van der Waals surface area contributed by atoms with E-state index in [2.05, 4.69) is 5.32 Å². The highest BCUT2D eigenvalue weighted by Gasteiger charge is 2.11. The van der Waals surface area contributed by atoms with Gasteiger partial charge >= 0.3 is 0 Å². The van der Waals surface area contributed by atoms with Crippen LogP contribution < -0.4 is 14.8 Å². The molecule has 1 amide bonds. The van der Waals surface area contributed by atoms with Gasteiger partial charge in [-0.3, -0.25) is 4.79 Å². The number of benzene rings is 2. The molecule has 0 aliphatic carbocycles. The van der Waals surface area contributed by atoms with Gasteiger partial charge in [0, 0.05) is 11.8 Å². The maximum Gasteiger partial charge on any atom is 0.266 e. The van der Waals surface area contributed by atoms with Gasteiger partial charge in [0.05, 0.1) is 13.7 Å². The van der Waals surface area contributed by atoms with Crippen molar-refractivity contribution in [1.29, 1.82) is 5.26 Å². The molecule has 2 aromatic carbocycles. The maximum atomic E-state index is 12.3. The van der Waals surface area contributed by atoms with Crippen LogP contribution in [0.1, 0.15) is 12.5 Å². The summed E-state index contributed by atoms with van der Waals surface area (Å²) in [4.78, 5) is 12.3. The third kappa shape index (κ3) is 4.75. The third-order valence-corrected chi connectivity index (χ3v) is 3.29. The SMILES string of the molecule is CCOc1cc(/C=C(/C#N)C(=O)Nc2cccc(OC)c2)ccc1O. The minimum absolute atomic E-state index is 0.00154. The molecule has 0 aromatic heterocycles. The number of ether oxygens (including phenoxy) is 2. The van der Waals surface area contributed by atoms with Crippen LogP contribution in [0.3, 0.4) is 0 Å². The Hall–Kier alpha value is -3.46. The Balaban J connectivity index is 2.23. The number of phenols is 1. The summed E-state index contributed by atoms with van der Waals surface area (Å²) in [6.07, 6.45) is 1.43. The number of hydrogen-bond acceptors (Lipinski definition) is 5. The van der Waals surface area contributed by atoms with Crippen LogP contribution in [0.15, 0.2) is 48.0 Å². The number of nitriles is 1. The van der Waals surface area contributed by atoms with Gasteiger partial charge in [-0.1, -0.05) is 12.1 Å². The monoisotopic (exact) mass is 338 g/mol. The Kier molecular flexibility index (Phi) is 6.02. The number of rotatable bonds is 6. The number of aromatic hydroxyl groups is 1. The number of carbonyl (C=O) groups is 1. The highest BCUT2D eigenvalue weighted by molar-refractivity contribution is 6.09. The molecule has 2 aromatic rings. The van der Waals surface area contributed by atoms with Crippen molar-refractivity contribution < 1.29 is 19.4 Å². The Morgan fingerprint density at radius 3 is 2.80 bits per heavy atom. The first-order chi connectivity index (χ1) is 12.1. The lowest BCUT2D eigenvalue weighted by Gasteiger charge is -2.08. The Morgan fingerprint density at radius 1 is 1.32 bits per heavy atom. The average molecular weight is 338 g/mol. The summed E-state index contributed by atoms with van der Waals surface area (Å²) in [7, 11) is 1.53. The van der Waals surface area contributed by atoms with Crippen molar-refractivity contribution in [3.05, 3.63) is 53.6 Å². The fourth-order valence-corrected chi connectivity index (χ4v) is 2.11. The van der Waals surface area contributed by atoms with E-state index in [1.54, 1.807) is 43.3 Å². The van der Waals surface area contributed by atoms with Crippen LogP contribution in [0.4, 0.5) is 5.69 Å². The number of hydrogen-bond donors (Lipinski definition) is 2. The predicted molar refractivity (Wildman–Crippen MR) is 94.5 cm³/mol. The van der Waals surface area contributed by atoms with Crippen molar-refractivity contribution >= 4 is 17.7 Å². The normalized spacial score (nSPS) is 10.7. The lowest BCUT2D eigenvalue weighted by Crippen LogP contribution is -2.13. The maximum absolute atomic E-state index is 12.3. The highest BCUT2D eigenvalue weighted by Crippen LogP contribution is 2.28. The van der Waals surface area contributed by atoms with Crippen LogP contribution >= 0.6 is 0 Å². The average Bonchev–Trinajstić information content (AvgIpc) is 2.62. The van der Waals surface area contributed by atoms with Crippen molar-refractivity contribution in [1.82, 2.24) is 0 Å². The smallest absolute Gasteiger partial charge is 0.266 e. The second-order valence-electron chi connectivity index (χ2n) is 5.02. The zero-order valence-corrected chi connectivity index (χ0v) is 13.9. The number of phenolic OH excluding ortho intramolecular Hbond substituents is 1. The second-order valence-corrected chi connectivity index (χ2v) is 5.02. The summed E-state index contributed by atoms with van der Waals surface area (Å²) in [5.74, 6) is 0.349.